The lowest BCUT2D eigenvalue weighted by Crippen LogP contribution is -2.39. The smallest absolute Gasteiger partial charge is 0.286 e. The van der Waals surface area contributed by atoms with Gasteiger partial charge in [0.25, 0.3) is 6.26 Å². The molecule has 7 atom stereocenters. The van der Waals surface area contributed by atoms with E-state index in [9.17, 15) is 0 Å². The number of nitrogens with two attached hydrogens (primary N) is 1. The number of nitrogens with zero attached hydrogens (tertiary/aromatic N) is 1. The van der Waals surface area contributed by atoms with Crippen molar-refractivity contribution in [2.75, 3.05) is 0 Å². The van der Waals surface area contributed by atoms with Gasteiger partial charge in [0.2, 0.25) is 0 Å². The zero-order valence-corrected chi connectivity index (χ0v) is 19.1. The SMILES string of the molecule is CC1CC(ON)CCC1C1(C)CC2C3CC(C4CCC(OC#N)CC4)CC(C3)C2C1. The summed E-state index contributed by atoms with van der Waals surface area (Å²) >= 11 is 0. The summed E-state index contributed by atoms with van der Waals surface area (Å²) in [4.78, 5) is 5.21. The average molecular weight is 415 g/mol. The van der Waals surface area contributed by atoms with Crippen molar-refractivity contribution in [1.29, 1.82) is 5.26 Å². The van der Waals surface area contributed by atoms with Crippen molar-refractivity contribution in [2.45, 2.75) is 103 Å². The van der Waals surface area contributed by atoms with Crippen LogP contribution in [0.3, 0.4) is 0 Å². The molecule has 5 rings (SSSR count). The van der Waals surface area contributed by atoms with E-state index < -0.39 is 0 Å². The monoisotopic (exact) mass is 414 g/mol. The summed E-state index contributed by atoms with van der Waals surface area (Å²) in [5, 5.41) is 8.80. The number of hydrogen-bond donors (Lipinski definition) is 1. The van der Waals surface area contributed by atoms with Crippen LogP contribution in [0.5, 0.6) is 0 Å². The van der Waals surface area contributed by atoms with Gasteiger partial charge in [-0.2, -0.15) is 5.26 Å². The van der Waals surface area contributed by atoms with E-state index in [2.05, 4.69) is 13.8 Å². The Morgan fingerprint density at radius 2 is 1.40 bits per heavy atom. The summed E-state index contributed by atoms with van der Waals surface area (Å²) in [5.74, 6) is 12.9. The molecule has 0 heterocycles. The van der Waals surface area contributed by atoms with Crippen LogP contribution in [-0.2, 0) is 9.57 Å². The molecular formula is C26H42N2O2. The molecule has 0 aromatic rings. The maximum absolute atomic E-state index is 8.80. The Morgan fingerprint density at radius 1 is 0.800 bits per heavy atom. The van der Waals surface area contributed by atoms with Crippen molar-refractivity contribution < 1.29 is 9.57 Å². The molecule has 5 fully saturated rings. The molecule has 0 aromatic heterocycles. The number of fused-ring (bicyclic) bond motifs is 5. The van der Waals surface area contributed by atoms with Crippen LogP contribution in [0.15, 0.2) is 0 Å². The molecule has 5 aliphatic carbocycles. The minimum Gasteiger partial charge on any atom is -0.424 e. The Labute approximate surface area is 183 Å². The van der Waals surface area contributed by atoms with Crippen molar-refractivity contribution in [1.82, 2.24) is 0 Å². The summed E-state index contributed by atoms with van der Waals surface area (Å²) in [6.07, 6.45) is 18.3. The van der Waals surface area contributed by atoms with Crippen molar-refractivity contribution in [2.24, 2.45) is 58.7 Å². The van der Waals surface area contributed by atoms with Crippen molar-refractivity contribution in [3.05, 3.63) is 0 Å². The van der Waals surface area contributed by atoms with Crippen LogP contribution >= 0.6 is 0 Å². The van der Waals surface area contributed by atoms with Gasteiger partial charge in [-0.3, -0.25) is 0 Å². The maximum atomic E-state index is 8.80. The fourth-order valence-electron chi connectivity index (χ4n) is 9.60. The van der Waals surface area contributed by atoms with Crippen molar-refractivity contribution in [3.8, 4) is 6.26 Å². The number of hydrogen-bond acceptors (Lipinski definition) is 4. The third-order valence-corrected chi connectivity index (χ3v) is 10.8. The van der Waals surface area contributed by atoms with E-state index in [1.165, 1.54) is 51.4 Å². The minimum absolute atomic E-state index is 0.202. The fourth-order valence-corrected chi connectivity index (χ4v) is 9.60. The molecule has 4 heteroatoms. The molecule has 7 unspecified atom stereocenters. The molecule has 0 aromatic carbocycles. The van der Waals surface area contributed by atoms with E-state index in [-0.39, 0.29) is 12.2 Å². The molecule has 5 aliphatic rings. The third-order valence-electron chi connectivity index (χ3n) is 10.8. The minimum atomic E-state index is 0.202. The van der Waals surface area contributed by atoms with Crippen molar-refractivity contribution in [3.63, 3.8) is 0 Å². The second-order valence-corrected chi connectivity index (χ2v) is 12.3. The molecular weight excluding hydrogens is 372 g/mol. The zero-order chi connectivity index (χ0) is 20.9. The number of nitriles is 1. The quantitative estimate of drug-likeness (QED) is 0.465. The van der Waals surface area contributed by atoms with Crippen LogP contribution in [0.2, 0.25) is 0 Å². The zero-order valence-electron chi connectivity index (χ0n) is 19.1. The Hall–Kier alpha value is -0.790. The molecule has 168 valence electrons. The Kier molecular flexibility index (Phi) is 5.82. The lowest BCUT2D eigenvalue weighted by atomic mass is 9.61. The van der Waals surface area contributed by atoms with E-state index >= 15 is 0 Å². The highest BCUT2D eigenvalue weighted by Gasteiger charge is 2.58. The molecule has 30 heavy (non-hydrogen) atoms. The van der Waals surface area contributed by atoms with Gasteiger partial charge in [0.05, 0.1) is 6.10 Å². The summed E-state index contributed by atoms with van der Waals surface area (Å²) in [7, 11) is 0. The van der Waals surface area contributed by atoms with E-state index in [1.54, 1.807) is 0 Å². The summed E-state index contributed by atoms with van der Waals surface area (Å²) in [5.41, 5.74) is 0.546. The molecule has 5 saturated carbocycles. The molecule has 0 spiro atoms. The van der Waals surface area contributed by atoms with Crippen LogP contribution in [-0.4, -0.2) is 12.2 Å². The van der Waals surface area contributed by atoms with E-state index in [0.717, 1.165) is 73.0 Å². The van der Waals surface area contributed by atoms with Gasteiger partial charge < -0.3 is 9.57 Å². The highest BCUT2D eigenvalue weighted by Crippen LogP contribution is 2.66. The lowest BCUT2D eigenvalue weighted by molar-refractivity contribution is -0.0312. The summed E-state index contributed by atoms with van der Waals surface area (Å²) in [6, 6.07) is 0. The molecule has 0 radical (unpaired) electrons. The van der Waals surface area contributed by atoms with Gasteiger partial charge in [-0.1, -0.05) is 13.8 Å². The van der Waals surface area contributed by atoms with Crippen LogP contribution in [0.1, 0.15) is 90.9 Å². The Balaban J connectivity index is 1.20. The Bertz CT molecular complexity index is 632. The predicted molar refractivity (Wildman–Crippen MR) is 117 cm³/mol. The van der Waals surface area contributed by atoms with Gasteiger partial charge in [0.15, 0.2) is 0 Å². The maximum Gasteiger partial charge on any atom is 0.286 e. The average Bonchev–Trinajstić information content (AvgIpc) is 3.22. The number of rotatable bonds is 4. The van der Waals surface area contributed by atoms with Crippen LogP contribution in [0.4, 0.5) is 0 Å². The molecule has 2 bridgehead atoms. The lowest BCUT2D eigenvalue weighted by Gasteiger charge is -2.45. The highest BCUT2D eigenvalue weighted by atomic mass is 16.6. The number of ether oxygens (including phenoxy) is 1. The van der Waals surface area contributed by atoms with Crippen molar-refractivity contribution >= 4 is 0 Å². The van der Waals surface area contributed by atoms with Gasteiger partial charge in [-0.05, 0) is 130 Å². The van der Waals surface area contributed by atoms with Crippen LogP contribution in [0, 0.1) is 64.3 Å². The first-order valence-electron chi connectivity index (χ1n) is 12.9. The van der Waals surface area contributed by atoms with Crippen LogP contribution in [0.25, 0.3) is 0 Å². The Morgan fingerprint density at radius 3 is 1.97 bits per heavy atom. The van der Waals surface area contributed by atoms with E-state index in [1.807, 2.05) is 6.26 Å². The van der Waals surface area contributed by atoms with Gasteiger partial charge in [0.1, 0.15) is 6.10 Å². The van der Waals surface area contributed by atoms with E-state index in [4.69, 9.17) is 20.7 Å². The third kappa shape index (κ3) is 3.69. The second-order valence-electron chi connectivity index (χ2n) is 12.3. The first-order chi connectivity index (χ1) is 14.5. The molecule has 0 saturated heterocycles. The first-order valence-corrected chi connectivity index (χ1v) is 12.9. The van der Waals surface area contributed by atoms with Gasteiger partial charge in [0, 0.05) is 0 Å². The largest absolute Gasteiger partial charge is 0.424 e. The fraction of sp³-hybridized carbons (Fsp3) is 0.962. The second kappa shape index (κ2) is 8.28. The summed E-state index contributed by atoms with van der Waals surface area (Å²) < 4.78 is 5.23. The van der Waals surface area contributed by atoms with Gasteiger partial charge in [-0.15, -0.1) is 0 Å². The summed E-state index contributed by atoms with van der Waals surface area (Å²) in [6.45, 7) is 5.10. The normalized spacial score (nSPS) is 53.1. The molecule has 4 nitrogen and oxygen atoms in total. The first kappa shape index (κ1) is 21.1. The van der Waals surface area contributed by atoms with Gasteiger partial charge >= 0.3 is 0 Å². The van der Waals surface area contributed by atoms with Crippen LogP contribution < -0.4 is 5.90 Å². The molecule has 2 N–H and O–H groups in total. The highest BCUT2D eigenvalue weighted by molar-refractivity contribution is 5.07. The topological polar surface area (TPSA) is 68.3 Å². The molecule has 0 amide bonds. The van der Waals surface area contributed by atoms with Gasteiger partial charge in [-0.25, -0.2) is 5.90 Å². The van der Waals surface area contributed by atoms with E-state index in [0.29, 0.717) is 5.41 Å². The molecule has 0 aliphatic heterocycles. The predicted octanol–water partition coefficient (Wildman–Crippen LogP) is 5.82. The standard InChI is InChI=1S/C26H42N2O2/c1-16-9-22(30-28)7-8-25(16)26(2)13-23-19-10-18(11-20(12-19)24(23)14-26)17-3-5-21(6-4-17)29-15-27/h16-25H,3-14,28H2,1-2H3.